The van der Waals surface area contributed by atoms with Gasteiger partial charge >= 0.3 is 0 Å². The largest absolute Gasteiger partial charge is 0.341 e. The van der Waals surface area contributed by atoms with Crippen molar-refractivity contribution in [1.29, 1.82) is 0 Å². The number of nitrogens with zero attached hydrogens (tertiary/aromatic N) is 2. The van der Waals surface area contributed by atoms with Crippen molar-refractivity contribution in [1.82, 2.24) is 9.21 Å². The summed E-state index contributed by atoms with van der Waals surface area (Å²) in [5, 5.41) is 0. The molecule has 1 amide bonds. The Balaban J connectivity index is 1.57. The van der Waals surface area contributed by atoms with Crippen LogP contribution in [0, 0.1) is 11.7 Å². The van der Waals surface area contributed by atoms with Gasteiger partial charge in [0.25, 0.3) is 0 Å². The summed E-state index contributed by atoms with van der Waals surface area (Å²) in [7, 11) is -1.76. The van der Waals surface area contributed by atoms with Gasteiger partial charge in [-0.2, -0.15) is 0 Å². The lowest BCUT2D eigenvalue weighted by atomic mass is 9.96. The normalized spacial score (nSPS) is 16.0. The predicted molar refractivity (Wildman–Crippen MR) is 114 cm³/mol. The Bertz CT molecular complexity index is 961. The molecule has 1 aliphatic rings. The fraction of sp³-hybridized carbons (Fsp3) is 0.381. The summed E-state index contributed by atoms with van der Waals surface area (Å²) in [6.07, 6.45) is 0.941. The van der Waals surface area contributed by atoms with E-state index in [-0.39, 0.29) is 29.9 Å². The van der Waals surface area contributed by atoms with Crippen molar-refractivity contribution in [3.05, 3.63) is 69.9 Å². The van der Waals surface area contributed by atoms with Crippen LogP contribution in [0.3, 0.4) is 0 Å². The van der Waals surface area contributed by atoms with Gasteiger partial charge in [-0.25, -0.2) is 17.1 Å². The Morgan fingerprint density at radius 3 is 2.48 bits per heavy atom. The van der Waals surface area contributed by atoms with Crippen molar-refractivity contribution in [3.63, 3.8) is 0 Å². The number of hydrogen-bond donors (Lipinski definition) is 0. The molecule has 0 bridgehead atoms. The number of carbonyl (C=O) groups is 1. The average Bonchev–Trinajstić information content (AvgIpc) is 2.70. The summed E-state index contributed by atoms with van der Waals surface area (Å²) in [5.41, 5.74) is 1.19. The fourth-order valence-corrected chi connectivity index (χ4v) is 5.54. The van der Waals surface area contributed by atoms with Gasteiger partial charge in [0, 0.05) is 42.6 Å². The van der Waals surface area contributed by atoms with E-state index in [4.69, 9.17) is 0 Å². The van der Waals surface area contributed by atoms with Crippen LogP contribution in [0.4, 0.5) is 4.39 Å². The van der Waals surface area contributed by atoms with Crippen LogP contribution >= 0.6 is 15.9 Å². The lowest BCUT2D eigenvalue weighted by Crippen LogP contribution is -2.43. The molecule has 2 aromatic rings. The Labute approximate surface area is 179 Å². The highest BCUT2D eigenvalue weighted by atomic mass is 79.9. The van der Waals surface area contributed by atoms with Crippen LogP contribution in [0.2, 0.25) is 0 Å². The molecule has 1 heterocycles. The van der Waals surface area contributed by atoms with Gasteiger partial charge in [-0.1, -0.05) is 46.3 Å². The topological polar surface area (TPSA) is 57.7 Å². The Morgan fingerprint density at radius 2 is 1.83 bits per heavy atom. The van der Waals surface area contributed by atoms with E-state index in [0.717, 1.165) is 10.0 Å². The first-order valence-electron chi connectivity index (χ1n) is 9.47. The number of hydrogen-bond acceptors (Lipinski definition) is 3. The van der Waals surface area contributed by atoms with Crippen LogP contribution in [0.5, 0.6) is 0 Å². The summed E-state index contributed by atoms with van der Waals surface area (Å²) in [6, 6.07) is 13.7. The number of sulfonamides is 1. The quantitative estimate of drug-likeness (QED) is 0.629. The highest BCUT2D eigenvalue weighted by Crippen LogP contribution is 2.24. The molecule has 3 rings (SSSR count). The van der Waals surface area contributed by atoms with Gasteiger partial charge < -0.3 is 4.90 Å². The minimum absolute atomic E-state index is 0.0332. The molecular weight excluding hydrogens is 459 g/mol. The molecule has 156 valence electrons. The molecule has 0 unspecified atom stereocenters. The molecule has 5 nitrogen and oxygen atoms in total. The predicted octanol–water partition coefficient (Wildman–Crippen LogP) is 3.79. The third-order valence-electron chi connectivity index (χ3n) is 5.18. The molecule has 1 fully saturated rings. The molecule has 0 radical (unpaired) electrons. The second kappa shape index (κ2) is 9.36. The minimum Gasteiger partial charge on any atom is -0.341 e. The Hall–Kier alpha value is -1.77. The molecule has 0 aromatic heterocycles. The Morgan fingerprint density at radius 1 is 1.17 bits per heavy atom. The van der Waals surface area contributed by atoms with Gasteiger partial charge in [0.15, 0.2) is 0 Å². The average molecular weight is 483 g/mol. The van der Waals surface area contributed by atoms with Crippen molar-refractivity contribution < 1.29 is 17.6 Å². The second-order valence-corrected chi connectivity index (χ2v) is 10.2. The molecule has 8 heteroatoms. The second-order valence-electron chi connectivity index (χ2n) is 7.35. The number of rotatable bonds is 6. The first kappa shape index (κ1) is 21.9. The summed E-state index contributed by atoms with van der Waals surface area (Å²) in [6.45, 7) is 0.825. The van der Waals surface area contributed by atoms with Gasteiger partial charge in [-0.05, 0) is 36.6 Å². The van der Waals surface area contributed by atoms with Gasteiger partial charge in [-0.15, -0.1) is 0 Å². The Kier molecular flexibility index (Phi) is 7.08. The highest BCUT2D eigenvalue weighted by molar-refractivity contribution is 9.10. The van der Waals surface area contributed by atoms with Gasteiger partial charge in [0.05, 0.1) is 5.75 Å². The lowest BCUT2D eigenvalue weighted by molar-refractivity contribution is -0.136. The van der Waals surface area contributed by atoms with E-state index in [9.17, 15) is 17.6 Å². The third kappa shape index (κ3) is 5.65. The van der Waals surface area contributed by atoms with Crippen molar-refractivity contribution in [2.45, 2.75) is 25.1 Å². The number of piperidine rings is 1. The zero-order valence-corrected chi connectivity index (χ0v) is 18.6. The zero-order chi connectivity index (χ0) is 21.0. The van der Waals surface area contributed by atoms with Gasteiger partial charge in [0.2, 0.25) is 15.9 Å². The van der Waals surface area contributed by atoms with Crippen molar-refractivity contribution in [2.24, 2.45) is 5.92 Å². The van der Waals surface area contributed by atoms with E-state index >= 15 is 0 Å². The smallest absolute Gasteiger partial charge is 0.225 e. The molecule has 1 saturated heterocycles. The molecule has 0 N–H and O–H groups in total. The summed E-state index contributed by atoms with van der Waals surface area (Å²) < 4.78 is 41.5. The molecular formula is C21H24BrFN2O3S. The van der Waals surface area contributed by atoms with E-state index in [1.54, 1.807) is 31.3 Å². The molecule has 0 spiro atoms. The van der Waals surface area contributed by atoms with Gasteiger partial charge in [0.1, 0.15) is 5.82 Å². The van der Waals surface area contributed by atoms with E-state index in [0.29, 0.717) is 31.5 Å². The van der Waals surface area contributed by atoms with E-state index in [2.05, 4.69) is 15.9 Å². The van der Waals surface area contributed by atoms with Gasteiger partial charge in [-0.3, -0.25) is 4.79 Å². The summed E-state index contributed by atoms with van der Waals surface area (Å²) >= 11 is 3.32. The lowest BCUT2D eigenvalue weighted by Gasteiger charge is -2.32. The third-order valence-corrected chi connectivity index (χ3v) is 7.52. The monoisotopic (exact) mass is 482 g/mol. The van der Waals surface area contributed by atoms with Crippen LogP contribution in [0.25, 0.3) is 0 Å². The molecule has 29 heavy (non-hydrogen) atoms. The van der Waals surface area contributed by atoms with Crippen molar-refractivity contribution in [2.75, 3.05) is 20.1 Å². The number of halogens is 2. The van der Waals surface area contributed by atoms with Crippen LogP contribution < -0.4 is 0 Å². The van der Waals surface area contributed by atoms with Crippen LogP contribution in [-0.4, -0.2) is 43.7 Å². The van der Waals surface area contributed by atoms with Crippen LogP contribution in [-0.2, 0) is 27.1 Å². The molecule has 0 saturated carbocycles. The van der Waals surface area contributed by atoms with Crippen molar-refractivity contribution >= 4 is 31.9 Å². The number of benzene rings is 2. The molecule has 2 aromatic carbocycles. The molecule has 1 aliphatic heterocycles. The SMILES string of the molecule is CN(Cc1cc(Br)ccc1F)C(=O)C1CCN(S(=O)(=O)Cc2ccccc2)CC1. The number of carbonyl (C=O) groups excluding carboxylic acids is 1. The zero-order valence-electron chi connectivity index (χ0n) is 16.2. The summed E-state index contributed by atoms with van der Waals surface area (Å²) in [5.74, 6) is -0.716. The van der Waals surface area contributed by atoms with E-state index < -0.39 is 10.0 Å². The van der Waals surface area contributed by atoms with E-state index in [1.165, 1.54) is 15.3 Å². The van der Waals surface area contributed by atoms with E-state index in [1.807, 2.05) is 18.2 Å². The molecule has 0 atom stereocenters. The fourth-order valence-electron chi connectivity index (χ4n) is 3.57. The standard InChI is InChI=1S/C21H24BrFN2O3S/c1-24(14-18-13-19(22)7-8-20(18)23)21(26)17-9-11-25(12-10-17)29(27,28)15-16-5-3-2-4-6-16/h2-8,13,17H,9-12,14-15H2,1H3. The van der Waals surface area contributed by atoms with Crippen LogP contribution in [0.1, 0.15) is 24.0 Å². The number of amides is 1. The van der Waals surface area contributed by atoms with Crippen LogP contribution in [0.15, 0.2) is 53.0 Å². The highest BCUT2D eigenvalue weighted by Gasteiger charge is 2.32. The summed E-state index contributed by atoms with van der Waals surface area (Å²) in [4.78, 5) is 14.3. The molecule has 0 aliphatic carbocycles. The minimum atomic E-state index is -3.41. The first-order chi connectivity index (χ1) is 13.8. The van der Waals surface area contributed by atoms with Crippen molar-refractivity contribution in [3.8, 4) is 0 Å². The maximum Gasteiger partial charge on any atom is 0.225 e. The maximum atomic E-state index is 14.0. The first-order valence-corrected chi connectivity index (χ1v) is 11.9. The maximum absolute atomic E-state index is 14.0.